The van der Waals surface area contributed by atoms with E-state index in [9.17, 15) is 35.1 Å². The summed E-state index contributed by atoms with van der Waals surface area (Å²) in [5.41, 5.74) is -0.511. The van der Waals surface area contributed by atoms with E-state index in [1.807, 2.05) is 0 Å². The molecule has 0 radical (unpaired) electrons. The number of hydrogen-bond donors (Lipinski definition) is 0. The van der Waals surface area contributed by atoms with Gasteiger partial charge < -0.3 is 14.2 Å². The Morgan fingerprint density at radius 1 is 0.757 bits per heavy atom. The Hall–Kier alpha value is -3.34. The van der Waals surface area contributed by atoms with E-state index < -0.39 is 47.0 Å². The summed E-state index contributed by atoms with van der Waals surface area (Å²) in [5, 5.41) is 0. The van der Waals surface area contributed by atoms with E-state index in [-0.39, 0.29) is 17.7 Å². The van der Waals surface area contributed by atoms with Gasteiger partial charge in [-0.25, -0.2) is 13.2 Å². The molecule has 37 heavy (non-hydrogen) atoms. The van der Waals surface area contributed by atoms with Crippen molar-refractivity contribution in [2.45, 2.75) is 38.3 Å². The molecule has 3 nitrogen and oxygen atoms in total. The van der Waals surface area contributed by atoms with Crippen LogP contribution in [0.2, 0.25) is 0 Å². The SMILES string of the molecule is CC1CCC(c2ccc(-c3cc(F)c(C(F)(F)Oc4ccc(OC(F)(F)F)c(F)c4)c(F)c3)cc2)OC1. The monoisotopic (exact) mass is 532 g/mol. The van der Waals surface area contributed by atoms with Gasteiger partial charge in [-0.2, -0.15) is 8.78 Å². The molecule has 2 atom stereocenters. The molecule has 0 aliphatic carbocycles. The van der Waals surface area contributed by atoms with Gasteiger partial charge in [-0.3, -0.25) is 0 Å². The Morgan fingerprint density at radius 2 is 1.41 bits per heavy atom. The molecule has 4 rings (SSSR count). The highest BCUT2D eigenvalue weighted by Gasteiger charge is 2.41. The summed E-state index contributed by atoms with van der Waals surface area (Å²) in [6.07, 6.45) is -8.11. The van der Waals surface area contributed by atoms with E-state index in [1.54, 1.807) is 24.3 Å². The molecule has 2 unspecified atom stereocenters. The van der Waals surface area contributed by atoms with Crippen molar-refractivity contribution in [3.8, 4) is 22.6 Å². The molecule has 0 amide bonds. The van der Waals surface area contributed by atoms with Gasteiger partial charge in [0.05, 0.1) is 6.10 Å². The second kappa shape index (κ2) is 10.2. The van der Waals surface area contributed by atoms with Crippen LogP contribution < -0.4 is 9.47 Å². The molecular weight excluding hydrogens is 512 g/mol. The number of hydrogen-bond acceptors (Lipinski definition) is 3. The second-order valence-electron chi connectivity index (χ2n) is 8.70. The van der Waals surface area contributed by atoms with E-state index in [0.29, 0.717) is 42.4 Å². The molecule has 1 fully saturated rings. The van der Waals surface area contributed by atoms with Crippen molar-refractivity contribution in [3.05, 3.63) is 83.2 Å². The van der Waals surface area contributed by atoms with Gasteiger partial charge in [0.1, 0.15) is 22.9 Å². The normalized spacial score (nSPS) is 18.5. The van der Waals surface area contributed by atoms with Crippen LogP contribution in [0.1, 0.15) is 37.0 Å². The smallest absolute Gasteiger partial charge is 0.429 e. The summed E-state index contributed by atoms with van der Waals surface area (Å²) in [5.74, 6) is -6.74. The number of benzene rings is 3. The molecule has 1 saturated heterocycles. The van der Waals surface area contributed by atoms with Crippen LogP contribution in [0.5, 0.6) is 11.5 Å². The molecule has 1 heterocycles. The van der Waals surface area contributed by atoms with Crippen molar-refractivity contribution in [1.29, 1.82) is 0 Å². The fraction of sp³-hybridized carbons (Fsp3) is 0.308. The van der Waals surface area contributed by atoms with Gasteiger partial charge in [-0.15, -0.1) is 13.2 Å². The number of halogens is 8. The number of rotatable bonds is 6. The van der Waals surface area contributed by atoms with Crippen LogP contribution in [0.4, 0.5) is 35.1 Å². The predicted molar refractivity (Wildman–Crippen MR) is 116 cm³/mol. The maximum Gasteiger partial charge on any atom is 0.573 e. The van der Waals surface area contributed by atoms with E-state index >= 15 is 0 Å². The van der Waals surface area contributed by atoms with Gasteiger partial charge in [-0.1, -0.05) is 31.2 Å². The summed E-state index contributed by atoms with van der Waals surface area (Å²) in [7, 11) is 0. The van der Waals surface area contributed by atoms with Gasteiger partial charge in [0.15, 0.2) is 11.6 Å². The standard InChI is InChI=1S/C26H20F8O3/c1-14-2-8-22(35-13-14)16-5-3-15(4-6-16)17-10-20(28)24(21(29)11-17)25(30,31)36-18-7-9-23(19(27)12-18)37-26(32,33)34/h3-7,9-12,14,22H,2,8,13H2,1H3. The van der Waals surface area contributed by atoms with E-state index in [4.69, 9.17) is 4.74 Å². The predicted octanol–water partition coefficient (Wildman–Crippen LogP) is 8.29. The Bertz CT molecular complexity index is 1230. The molecule has 0 aromatic heterocycles. The van der Waals surface area contributed by atoms with Crippen molar-refractivity contribution < 1.29 is 49.3 Å². The Balaban J connectivity index is 1.53. The topological polar surface area (TPSA) is 27.7 Å². The van der Waals surface area contributed by atoms with Crippen LogP contribution in [-0.2, 0) is 10.8 Å². The number of alkyl halides is 5. The zero-order chi connectivity index (χ0) is 27.0. The van der Waals surface area contributed by atoms with Crippen LogP contribution in [0.25, 0.3) is 11.1 Å². The molecular formula is C26H20F8O3. The van der Waals surface area contributed by atoms with Crippen LogP contribution in [0, 0.1) is 23.4 Å². The van der Waals surface area contributed by atoms with Crippen molar-refractivity contribution >= 4 is 0 Å². The molecule has 0 N–H and O–H groups in total. The minimum absolute atomic E-state index is 0.0148. The van der Waals surface area contributed by atoms with Crippen LogP contribution in [0.3, 0.4) is 0 Å². The van der Waals surface area contributed by atoms with Gasteiger partial charge in [-0.05, 0) is 59.7 Å². The Labute approximate surface area is 206 Å². The highest BCUT2D eigenvalue weighted by Crippen LogP contribution is 2.39. The summed E-state index contributed by atoms with van der Waals surface area (Å²) < 4.78 is 123. The minimum Gasteiger partial charge on any atom is -0.429 e. The first kappa shape index (κ1) is 26.7. The van der Waals surface area contributed by atoms with Crippen molar-refractivity contribution in [3.63, 3.8) is 0 Å². The Kier molecular flexibility index (Phi) is 7.36. The van der Waals surface area contributed by atoms with Crippen molar-refractivity contribution in [2.24, 2.45) is 5.92 Å². The lowest BCUT2D eigenvalue weighted by atomic mass is 9.94. The van der Waals surface area contributed by atoms with E-state index in [2.05, 4.69) is 16.4 Å². The molecule has 198 valence electrons. The summed E-state index contributed by atoms with van der Waals surface area (Å²) in [4.78, 5) is 0. The largest absolute Gasteiger partial charge is 0.573 e. The third-order valence-corrected chi connectivity index (χ3v) is 5.83. The molecule has 11 heteroatoms. The third-order valence-electron chi connectivity index (χ3n) is 5.83. The van der Waals surface area contributed by atoms with Gasteiger partial charge in [0, 0.05) is 12.7 Å². The maximum atomic E-state index is 14.7. The lowest BCUT2D eigenvalue weighted by Crippen LogP contribution is -2.25. The van der Waals surface area contributed by atoms with Crippen LogP contribution >= 0.6 is 0 Å². The third kappa shape index (κ3) is 6.33. The molecule has 3 aromatic carbocycles. The summed E-state index contributed by atoms with van der Waals surface area (Å²) in [6.45, 7) is 2.71. The lowest BCUT2D eigenvalue weighted by molar-refractivity contribution is -0.275. The molecule has 3 aromatic rings. The van der Waals surface area contributed by atoms with Gasteiger partial charge in [0.2, 0.25) is 0 Å². The maximum absolute atomic E-state index is 14.7. The van der Waals surface area contributed by atoms with Gasteiger partial charge in [0.25, 0.3) is 0 Å². The quantitative estimate of drug-likeness (QED) is 0.299. The zero-order valence-electron chi connectivity index (χ0n) is 19.2. The molecule has 1 aliphatic rings. The zero-order valence-corrected chi connectivity index (χ0v) is 19.2. The fourth-order valence-corrected chi connectivity index (χ4v) is 4.01. The first-order valence-corrected chi connectivity index (χ1v) is 11.2. The first-order chi connectivity index (χ1) is 17.3. The van der Waals surface area contributed by atoms with E-state index in [0.717, 1.165) is 18.4 Å². The highest BCUT2D eigenvalue weighted by atomic mass is 19.4. The van der Waals surface area contributed by atoms with Crippen molar-refractivity contribution in [1.82, 2.24) is 0 Å². The van der Waals surface area contributed by atoms with Gasteiger partial charge >= 0.3 is 12.5 Å². The minimum atomic E-state index is -5.22. The summed E-state index contributed by atoms with van der Waals surface area (Å²) in [6, 6.07) is 9.16. The average molecular weight is 532 g/mol. The lowest BCUT2D eigenvalue weighted by Gasteiger charge is -2.27. The summed E-state index contributed by atoms with van der Waals surface area (Å²) >= 11 is 0. The van der Waals surface area contributed by atoms with Crippen LogP contribution in [-0.4, -0.2) is 13.0 Å². The first-order valence-electron chi connectivity index (χ1n) is 11.2. The van der Waals surface area contributed by atoms with Crippen molar-refractivity contribution in [2.75, 3.05) is 6.61 Å². The molecule has 0 spiro atoms. The second-order valence-corrected chi connectivity index (χ2v) is 8.70. The highest BCUT2D eigenvalue weighted by molar-refractivity contribution is 5.64. The molecule has 1 aliphatic heterocycles. The average Bonchev–Trinajstić information content (AvgIpc) is 2.80. The van der Waals surface area contributed by atoms with E-state index in [1.165, 1.54) is 0 Å². The fourth-order valence-electron chi connectivity index (χ4n) is 4.01. The molecule has 0 bridgehead atoms. The van der Waals surface area contributed by atoms with Crippen LogP contribution in [0.15, 0.2) is 54.6 Å². The Morgan fingerprint density at radius 3 is 1.95 bits per heavy atom. The molecule has 0 saturated carbocycles. The number of ether oxygens (including phenoxy) is 3.